The molecule has 2 rings (SSSR count). The average molecular weight is 270 g/mol. The third-order valence-corrected chi connectivity index (χ3v) is 3.73. The van der Waals surface area contributed by atoms with Gasteiger partial charge in [-0.05, 0) is 25.0 Å². The van der Waals surface area contributed by atoms with Gasteiger partial charge in [-0.15, -0.1) is 5.10 Å². The van der Waals surface area contributed by atoms with E-state index in [1.54, 1.807) is 6.07 Å². The zero-order chi connectivity index (χ0) is 12.8. The number of aliphatic hydroxyl groups excluding tert-OH is 1. The Bertz CT molecular complexity index is 352. The molecule has 0 aliphatic heterocycles. The fourth-order valence-corrected chi connectivity index (χ4v) is 2.70. The maximum absolute atomic E-state index is 9.19. The molecule has 1 aromatic rings. The van der Waals surface area contributed by atoms with Crippen LogP contribution >= 0.6 is 11.6 Å². The van der Waals surface area contributed by atoms with Crippen molar-refractivity contribution in [2.45, 2.75) is 44.7 Å². The Morgan fingerprint density at radius 3 is 2.61 bits per heavy atom. The molecular formula is C13H20ClN3O. The molecule has 18 heavy (non-hydrogen) atoms. The van der Waals surface area contributed by atoms with Crippen molar-refractivity contribution < 1.29 is 5.11 Å². The van der Waals surface area contributed by atoms with E-state index in [0.717, 1.165) is 12.2 Å². The van der Waals surface area contributed by atoms with Gasteiger partial charge in [0.2, 0.25) is 0 Å². The smallest absolute Gasteiger partial charge is 0.151 e. The number of hydrogen-bond acceptors (Lipinski definition) is 4. The molecule has 1 aliphatic rings. The summed E-state index contributed by atoms with van der Waals surface area (Å²) >= 11 is 5.73. The van der Waals surface area contributed by atoms with Gasteiger partial charge < -0.3 is 5.11 Å². The minimum atomic E-state index is 0.192. The lowest BCUT2D eigenvalue weighted by Gasteiger charge is -2.33. The van der Waals surface area contributed by atoms with Crippen LogP contribution in [0.4, 0.5) is 0 Å². The van der Waals surface area contributed by atoms with Crippen molar-refractivity contribution >= 4 is 11.6 Å². The lowest BCUT2D eigenvalue weighted by Crippen LogP contribution is -2.38. The van der Waals surface area contributed by atoms with Gasteiger partial charge in [-0.2, -0.15) is 5.10 Å². The van der Waals surface area contributed by atoms with Gasteiger partial charge in [-0.25, -0.2) is 0 Å². The number of aliphatic hydroxyl groups is 1. The molecule has 100 valence electrons. The summed E-state index contributed by atoms with van der Waals surface area (Å²) in [6.07, 6.45) is 6.37. The predicted octanol–water partition coefficient (Wildman–Crippen LogP) is 2.26. The third kappa shape index (κ3) is 3.90. The highest BCUT2D eigenvalue weighted by atomic mass is 35.5. The molecule has 0 spiro atoms. The Labute approximate surface area is 113 Å². The van der Waals surface area contributed by atoms with E-state index in [1.807, 2.05) is 6.07 Å². The fraction of sp³-hybridized carbons (Fsp3) is 0.692. The van der Waals surface area contributed by atoms with E-state index < -0.39 is 0 Å². The standard InChI is InChI=1S/C13H20ClN3O/c14-13-7-6-11(15-16-13)10-17(8-9-18)12-4-2-1-3-5-12/h6-7,12,18H,1-5,8-10H2. The normalized spacial score (nSPS) is 17.3. The van der Waals surface area contributed by atoms with Crippen molar-refractivity contribution in [1.82, 2.24) is 15.1 Å². The van der Waals surface area contributed by atoms with Crippen molar-refractivity contribution in [2.24, 2.45) is 0 Å². The lowest BCUT2D eigenvalue weighted by atomic mass is 9.94. The first-order valence-electron chi connectivity index (χ1n) is 6.62. The molecule has 1 aliphatic carbocycles. The first kappa shape index (κ1) is 13.7. The topological polar surface area (TPSA) is 49.2 Å². The summed E-state index contributed by atoms with van der Waals surface area (Å²) in [5.41, 5.74) is 0.915. The number of hydrogen-bond donors (Lipinski definition) is 1. The molecule has 0 unspecified atom stereocenters. The molecule has 0 amide bonds. The summed E-state index contributed by atoms with van der Waals surface area (Å²) in [4.78, 5) is 2.32. The molecule has 1 N–H and O–H groups in total. The summed E-state index contributed by atoms with van der Waals surface area (Å²) in [5, 5.41) is 17.6. The van der Waals surface area contributed by atoms with E-state index in [2.05, 4.69) is 15.1 Å². The molecule has 0 bridgehead atoms. The Hall–Kier alpha value is -0.710. The van der Waals surface area contributed by atoms with Crippen LogP contribution in [0.15, 0.2) is 12.1 Å². The van der Waals surface area contributed by atoms with Crippen molar-refractivity contribution in [3.8, 4) is 0 Å². The van der Waals surface area contributed by atoms with Crippen LogP contribution in [0.1, 0.15) is 37.8 Å². The number of nitrogens with zero attached hydrogens (tertiary/aromatic N) is 3. The van der Waals surface area contributed by atoms with E-state index in [1.165, 1.54) is 32.1 Å². The van der Waals surface area contributed by atoms with E-state index in [-0.39, 0.29) is 6.61 Å². The monoisotopic (exact) mass is 269 g/mol. The van der Waals surface area contributed by atoms with Crippen molar-refractivity contribution in [3.63, 3.8) is 0 Å². The van der Waals surface area contributed by atoms with Gasteiger partial charge in [-0.3, -0.25) is 4.90 Å². The maximum Gasteiger partial charge on any atom is 0.151 e. The van der Waals surface area contributed by atoms with E-state index in [0.29, 0.717) is 17.7 Å². The van der Waals surface area contributed by atoms with Crippen LogP contribution in [-0.2, 0) is 6.54 Å². The van der Waals surface area contributed by atoms with Gasteiger partial charge in [-0.1, -0.05) is 30.9 Å². The Morgan fingerprint density at radius 1 is 1.22 bits per heavy atom. The molecule has 1 fully saturated rings. The van der Waals surface area contributed by atoms with Crippen molar-refractivity contribution in [3.05, 3.63) is 23.0 Å². The summed E-state index contributed by atoms with van der Waals surface area (Å²) in [6.45, 7) is 1.64. The fourth-order valence-electron chi connectivity index (χ4n) is 2.60. The largest absolute Gasteiger partial charge is 0.395 e. The summed E-state index contributed by atoms with van der Waals surface area (Å²) in [7, 11) is 0. The van der Waals surface area contributed by atoms with Crippen molar-refractivity contribution in [2.75, 3.05) is 13.2 Å². The Balaban J connectivity index is 1.98. The van der Waals surface area contributed by atoms with Gasteiger partial charge in [0.15, 0.2) is 5.15 Å². The van der Waals surface area contributed by atoms with Gasteiger partial charge in [0.05, 0.1) is 12.3 Å². The molecule has 1 saturated carbocycles. The second-order valence-corrected chi connectivity index (χ2v) is 5.22. The second kappa shape index (κ2) is 7.02. The lowest BCUT2D eigenvalue weighted by molar-refractivity contribution is 0.115. The highest BCUT2D eigenvalue weighted by molar-refractivity contribution is 6.29. The highest BCUT2D eigenvalue weighted by Crippen LogP contribution is 2.23. The van der Waals surface area contributed by atoms with Crippen LogP contribution in [0.5, 0.6) is 0 Å². The second-order valence-electron chi connectivity index (χ2n) is 4.83. The Morgan fingerprint density at radius 2 is 2.00 bits per heavy atom. The van der Waals surface area contributed by atoms with E-state index in [9.17, 15) is 5.11 Å². The van der Waals surface area contributed by atoms with E-state index >= 15 is 0 Å². The van der Waals surface area contributed by atoms with Crippen LogP contribution in [0, 0.1) is 0 Å². The molecule has 4 nitrogen and oxygen atoms in total. The molecule has 0 radical (unpaired) electrons. The number of aromatic nitrogens is 2. The Kier molecular flexibility index (Phi) is 5.35. The first-order valence-corrected chi connectivity index (χ1v) is 7.00. The zero-order valence-electron chi connectivity index (χ0n) is 10.6. The first-order chi connectivity index (χ1) is 8.79. The van der Waals surface area contributed by atoms with Crippen LogP contribution < -0.4 is 0 Å². The van der Waals surface area contributed by atoms with Crippen LogP contribution in [0.25, 0.3) is 0 Å². The average Bonchev–Trinajstić information content (AvgIpc) is 2.42. The molecule has 5 heteroatoms. The summed E-state index contributed by atoms with van der Waals surface area (Å²) in [5.74, 6) is 0. The van der Waals surface area contributed by atoms with Gasteiger partial charge in [0.25, 0.3) is 0 Å². The minimum Gasteiger partial charge on any atom is -0.395 e. The molecular weight excluding hydrogens is 250 g/mol. The summed E-state index contributed by atoms with van der Waals surface area (Å²) in [6, 6.07) is 4.24. The van der Waals surface area contributed by atoms with Gasteiger partial charge >= 0.3 is 0 Å². The quantitative estimate of drug-likeness (QED) is 0.891. The molecule has 1 aromatic heterocycles. The zero-order valence-corrected chi connectivity index (χ0v) is 11.3. The molecule has 0 saturated heterocycles. The summed E-state index contributed by atoms with van der Waals surface area (Å²) < 4.78 is 0. The van der Waals surface area contributed by atoms with Crippen LogP contribution in [0.2, 0.25) is 5.15 Å². The van der Waals surface area contributed by atoms with Gasteiger partial charge in [0.1, 0.15) is 0 Å². The highest BCUT2D eigenvalue weighted by Gasteiger charge is 2.21. The predicted molar refractivity (Wildman–Crippen MR) is 71.4 cm³/mol. The van der Waals surface area contributed by atoms with E-state index in [4.69, 9.17) is 11.6 Å². The van der Waals surface area contributed by atoms with Crippen molar-refractivity contribution in [1.29, 1.82) is 0 Å². The SMILES string of the molecule is OCCN(Cc1ccc(Cl)nn1)C1CCCCC1. The maximum atomic E-state index is 9.19. The number of halogens is 1. The number of rotatable bonds is 5. The van der Waals surface area contributed by atoms with Crippen LogP contribution in [-0.4, -0.2) is 39.4 Å². The van der Waals surface area contributed by atoms with Gasteiger partial charge in [0, 0.05) is 19.1 Å². The molecule has 0 aromatic carbocycles. The third-order valence-electron chi connectivity index (χ3n) is 3.53. The minimum absolute atomic E-state index is 0.192. The molecule has 1 heterocycles. The van der Waals surface area contributed by atoms with Crippen LogP contribution in [0.3, 0.4) is 0 Å². The molecule has 0 atom stereocenters.